The summed E-state index contributed by atoms with van der Waals surface area (Å²) in [5.41, 5.74) is 0. The zero-order valence-electron chi connectivity index (χ0n) is 33.4. The molecule has 0 aliphatic rings. The summed E-state index contributed by atoms with van der Waals surface area (Å²) >= 11 is 0. The van der Waals surface area contributed by atoms with E-state index in [2.05, 4.69) is 60.1 Å². The number of carbonyl (C=O) groups excluding carboxylic acids is 2. The smallest absolute Gasteiger partial charge is 0.462 e. The van der Waals surface area contributed by atoms with Crippen molar-refractivity contribution in [3.05, 3.63) is 134 Å². The fraction of sp³-hybridized carbons (Fsp3) is 0.467. The Morgan fingerprint density at radius 2 is 1.00 bits per heavy atom. The highest BCUT2D eigenvalue weighted by Crippen LogP contribution is 2.35. The fourth-order valence-corrected chi connectivity index (χ4v) is 4.79. The molecule has 0 spiro atoms. The second kappa shape index (κ2) is 38.0. The van der Waals surface area contributed by atoms with E-state index in [9.17, 15) is 24.4 Å². The summed E-state index contributed by atoms with van der Waals surface area (Å²) in [5, 5.41) is 19.9. The third-order valence-electron chi connectivity index (χ3n) is 7.34. The molecule has 3 atom stereocenters. The van der Waals surface area contributed by atoms with Crippen LogP contribution in [0.3, 0.4) is 0 Å². The zero-order chi connectivity index (χ0) is 41.4. The largest absolute Gasteiger partial charge is 0.469 e. The molecule has 0 aliphatic heterocycles. The van der Waals surface area contributed by atoms with Crippen molar-refractivity contribution >= 4 is 19.8 Å². The molecule has 0 radical (unpaired) electrons. The van der Waals surface area contributed by atoms with Crippen molar-refractivity contribution in [3.63, 3.8) is 0 Å². The number of aliphatic hydroxyl groups excluding tert-OH is 2. The van der Waals surface area contributed by atoms with E-state index in [1.165, 1.54) is 0 Å². The van der Waals surface area contributed by atoms with E-state index in [1.54, 1.807) is 42.5 Å². The molecule has 10 nitrogen and oxygen atoms in total. The van der Waals surface area contributed by atoms with Gasteiger partial charge in [0.05, 0.1) is 18.8 Å². The molecule has 312 valence electrons. The molecule has 0 saturated carbocycles. The molecule has 0 amide bonds. The predicted molar refractivity (Wildman–Crippen MR) is 227 cm³/mol. The molecule has 0 aromatic heterocycles. The van der Waals surface area contributed by atoms with Crippen molar-refractivity contribution in [3.8, 4) is 0 Å². The van der Waals surface area contributed by atoms with Gasteiger partial charge in [-0.15, -0.1) is 0 Å². The second-order valence-electron chi connectivity index (χ2n) is 12.5. The summed E-state index contributed by atoms with van der Waals surface area (Å²) in [7, 11) is -4.83. The van der Waals surface area contributed by atoms with Crippen LogP contribution in [0.2, 0.25) is 0 Å². The summed E-state index contributed by atoms with van der Waals surface area (Å²) in [6, 6.07) is 0. The van der Waals surface area contributed by atoms with Crippen LogP contribution < -0.4 is 0 Å². The Morgan fingerprint density at radius 3 is 1.52 bits per heavy atom. The van der Waals surface area contributed by atoms with Gasteiger partial charge in [-0.3, -0.25) is 14.1 Å². The summed E-state index contributed by atoms with van der Waals surface area (Å²) in [6.45, 7) is 3.15. The lowest BCUT2D eigenvalue weighted by Gasteiger charge is -2.18. The van der Waals surface area contributed by atoms with E-state index < -0.39 is 44.7 Å². The number of phosphoric ester groups is 1. The number of hydrogen-bond acceptors (Lipinski definition) is 8. The summed E-state index contributed by atoms with van der Waals surface area (Å²) < 4.78 is 26.2. The van der Waals surface area contributed by atoms with Crippen LogP contribution in [0, 0.1) is 0 Å². The molecule has 0 bridgehead atoms. The number of allylic oxidation sites excluding steroid dienone is 18. The van der Waals surface area contributed by atoms with E-state index in [0.29, 0.717) is 38.5 Å². The molecule has 11 heteroatoms. The van der Waals surface area contributed by atoms with E-state index in [1.807, 2.05) is 49.5 Å². The van der Waals surface area contributed by atoms with Crippen molar-refractivity contribution < 1.29 is 48.2 Å². The normalized spacial score (nSPS) is 15.0. The Labute approximate surface area is 336 Å². The fourth-order valence-electron chi connectivity index (χ4n) is 4.43. The molecular formula is C45H67O10P. The molecule has 0 aromatic rings. The monoisotopic (exact) mass is 798 g/mol. The molecule has 0 saturated heterocycles. The lowest BCUT2D eigenvalue weighted by atomic mass is 10.2. The molecule has 0 heterocycles. The van der Waals surface area contributed by atoms with Crippen LogP contribution in [0.15, 0.2) is 134 Å². The maximum atomic E-state index is 12.4. The van der Waals surface area contributed by atoms with E-state index in [4.69, 9.17) is 19.3 Å². The van der Waals surface area contributed by atoms with Crippen LogP contribution in [0.1, 0.15) is 104 Å². The molecule has 4 N–H and O–H groups in total. The maximum Gasteiger partial charge on any atom is 0.469 e. The minimum Gasteiger partial charge on any atom is -0.462 e. The number of rotatable bonds is 33. The van der Waals surface area contributed by atoms with E-state index in [0.717, 1.165) is 38.5 Å². The minimum absolute atomic E-state index is 0.00883. The van der Waals surface area contributed by atoms with Gasteiger partial charge in [0.25, 0.3) is 0 Å². The van der Waals surface area contributed by atoms with Crippen LogP contribution in [-0.4, -0.2) is 63.5 Å². The van der Waals surface area contributed by atoms with E-state index in [-0.39, 0.29) is 19.4 Å². The Kier molecular flexibility index (Phi) is 35.4. The van der Waals surface area contributed by atoms with Gasteiger partial charge in [0, 0.05) is 12.8 Å². The Bertz CT molecular complexity index is 1390. The van der Waals surface area contributed by atoms with E-state index >= 15 is 0 Å². The molecule has 0 aromatic carbocycles. The number of unbranched alkanes of at least 4 members (excludes halogenated alkanes) is 1. The quantitative estimate of drug-likeness (QED) is 0.0165. The number of esters is 2. The number of ether oxygens (including phenoxy) is 2. The van der Waals surface area contributed by atoms with Crippen LogP contribution >= 0.6 is 7.82 Å². The van der Waals surface area contributed by atoms with Crippen LogP contribution in [0.5, 0.6) is 0 Å². The van der Waals surface area contributed by atoms with Crippen LogP contribution in [-0.2, 0) is 28.2 Å². The first kappa shape index (κ1) is 52.1. The number of phosphoric acid groups is 1. The molecule has 0 aliphatic carbocycles. The SMILES string of the molecule is CC/C=C\C/C=C\C/C=C\C/C=C\C/C=C\CCCC(=O)OC[C@H](COP(=O)(O)O)OC(=O)CC/C=C\C/C=C\C[C@@H](O)/C=C/C=C\C=C\[C@@H](O)C/C=C\CC. The Hall–Kier alpha value is -3.89. The molecule has 0 unspecified atom stereocenters. The van der Waals surface area contributed by atoms with Gasteiger partial charge in [0.15, 0.2) is 6.10 Å². The van der Waals surface area contributed by atoms with Crippen molar-refractivity contribution in [1.82, 2.24) is 0 Å². The average molecular weight is 799 g/mol. The summed E-state index contributed by atoms with van der Waals surface area (Å²) in [6.07, 6.45) is 49.7. The third-order valence-corrected chi connectivity index (χ3v) is 7.83. The van der Waals surface area contributed by atoms with Gasteiger partial charge in [0.2, 0.25) is 0 Å². The molecule has 56 heavy (non-hydrogen) atoms. The second-order valence-corrected chi connectivity index (χ2v) is 13.8. The van der Waals surface area contributed by atoms with Gasteiger partial charge >= 0.3 is 19.8 Å². The van der Waals surface area contributed by atoms with Gasteiger partial charge in [-0.1, -0.05) is 148 Å². The highest BCUT2D eigenvalue weighted by atomic mass is 31.2. The predicted octanol–water partition coefficient (Wildman–Crippen LogP) is 9.89. The maximum absolute atomic E-state index is 12.4. The average Bonchev–Trinajstić information content (AvgIpc) is 3.16. The minimum atomic E-state index is -4.83. The molecular weight excluding hydrogens is 731 g/mol. The molecule has 0 fully saturated rings. The first-order valence-electron chi connectivity index (χ1n) is 19.7. The van der Waals surface area contributed by atoms with Gasteiger partial charge in [-0.2, -0.15) is 0 Å². The Morgan fingerprint density at radius 1 is 0.554 bits per heavy atom. The third kappa shape index (κ3) is 39.8. The lowest BCUT2D eigenvalue weighted by Crippen LogP contribution is -2.29. The summed E-state index contributed by atoms with van der Waals surface area (Å²) in [5.74, 6) is -1.14. The first-order valence-corrected chi connectivity index (χ1v) is 21.2. The van der Waals surface area contributed by atoms with Crippen molar-refractivity contribution in [1.29, 1.82) is 0 Å². The topological polar surface area (TPSA) is 160 Å². The lowest BCUT2D eigenvalue weighted by molar-refractivity contribution is -0.161. The van der Waals surface area contributed by atoms with Gasteiger partial charge in [0.1, 0.15) is 6.61 Å². The highest BCUT2D eigenvalue weighted by molar-refractivity contribution is 7.46. The van der Waals surface area contributed by atoms with Gasteiger partial charge < -0.3 is 29.5 Å². The van der Waals surface area contributed by atoms with Gasteiger partial charge in [-0.25, -0.2) is 4.57 Å². The number of carbonyl (C=O) groups is 2. The van der Waals surface area contributed by atoms with Crippen molar-refractivity contribution in [2.75, 3.05) is 13.2 Å². The van der Waals surface area contributed by atoms with Crippen molar-refractivity contribution in [2.45, 2.75) is 122 Å². The number of hydrogen-bond donors (Lipinski definition) is 4. The van der Waals surface area contributed by atoms with Crippen LogP contribution in [0.4, 0.5) is 0 Å². The van der Waals surface area contributed by atoms with Gasteiger partial charge in [-0.05, 0) is 77.0 Å². The standard InChI is InChI=1S/C45H67O10P/c1-3-5-7-8-9-10-11-12-13-14-15-16-17-18-19-23-31-37-44(48)53-39-43(40-54-56(50,51)52)55-45(49)38-32-24-21-20-22-28-34-42(47)36-30-26-25-29-35-41(46)33-27-6-4-2/h5-7,9-10,12-13,15-16,18-19,21-22,24-30,35-36,41-43,46-47H,3-4,8,11,14,17,20,23,31-34,37-40H2,1-2H3,(H2,50,51,52)/b7-5-,10-9-,13-12-,16-15-,19-18-,24-21-,26-25-,27-6-,28-22-,35-29+,36-30+/t41-,42+,43+/m0/s1. The highest BCUT2D eigenvalue weighted by Gasteiger charge is 2.22. The zero-order valence-corrected chi connectivity index (χ0v) is 34.3. The van der Waals surface area contributed by atoms with Crippen LogP contribution in [0.25, 0.3) is 0 Å². The van der Waals surface area contributed by atoms with Crippen molar-refractivity contribution in [2.24, 2.45) is 0 Å². The summed E-state index contributed by atoms with van der Waals surface area (Å²) in [4.78, 5) is 42.7. The Balaban J connectivity index is 4.33. The first-order chi connectivity index (χ1) is 27.1. The number of aliphatic hydroxyl groups is 2. The molecule has 0 rings (SSSR count).